The van der Waals surface area contributed by atoms with Crippen molar-refractivity contribution in [2.45, 2.75) is 0 Å². The average Bonchev–Trinajstić information content (AvgIpc) is 2.70. The predicted octanol–water partition coefficient (Wildman–Crippen LogP) is 0.938. The second kappa shape index (κ2) is 9.46. The minimum Gasteiger partial charge on any atom is -0.478 e. The van der Waals surface area contributed by atoms with Crippen LogP contribution >= 0.6 is 11.8 Å². The van der Waals surface area contributed by atoms with Crippen molar-refractivity contribution in [2.24, 2.45) is 5.84 Å². The van der Waals surface area contributed by atoms with Crippen LogP contribution in [-0.4, -0.2) is 45.2 Å². The second-order valence-electron chi connectivity index (χ2n) is 5.18. The maximum absolute atomic E-state index is 12.2. The van der Waals surface area contributed by atoms with Crippen LogP contribution in [0.5, 0.6) is 0 Å². The van der Waals surface area contributed by atoms with Crippen molar-refractivity contribution in [1.29, 1.82) is 0 Å². The third-order valence-corrected chi connectivity index (χ3v) is 4.23. The van der Waals surface area contributed by atoms with Crippen LogP contribution in [0.15, 0.2) is 42.5 Å². The number of carbonyl (C=O) groups excluding carboxylic acids is 3. The molecule has 0 bridgehead atoms. The lowest BCUT2D eigenvalue weighted by Gasteiger charge is -2.08. The topological polar surface area (TPSA) is 151 Å². The Balaban J connectivity index is 1.92. The summed E-state index contributed by atoms with van der Waals surface area (Å²) in [5, 5.41) is 11.2. The van der Waals surface area contributed by atoms with E-state index in [1.165, 1.54) is 12.1 Å². The number of carboxylic acid groups (broad SMARTS) is 1. The molecule has 0 saturated heterocycles. The molecule has 1 heterocycles. The molecule has 0 atom stereocenters. The van der Waals surface area contributed by atoms with Crippen LogP contribution in [0.25, 0.3) is 0 Å². The van der Waals surface area contributed by atoms with Gasteiger partial charge in [-0.3, -0.25) is 14.4 Å². The Hall–Kier alpha value is -3.24. The van der Waals surface area contributed by atoms with Crippen molar-refractivity contribution in [2.75, 3.05) is 17.7 Å². The number of amides is 1. The van der Waals surface area contributed by atoms with Crippen molar-refractivity contribution < 1.29 is 24.3 Å². The highest BCUT2D eigenvalue weighted by Crippen LogP contribution is 2.13. The number of nitrogen functional groups attached to an aromatic ring is 1. The quantitative estimate of drug-likeness (QED) is 0.294. The summed E-state index contributed by atoms with van der Waals surface area (Å²) in [7, 11) is 0. The van der Waals surface area contributed by atoms with Crippen LogP contribution in [0.2, 0.25) is 0 Å². The van der Waals surface area contributed by atoms with Crippen LogP contribution in [0.1, 0.15) is 31.2 Å². The molecule has 0 unspecified atom stereocenters. The number of pyridine rings is 1. The number of anilines is 1. The van der Waals surface area contributed by atoms with Gasteiger partial charge >= 0.3 is 5.97 Å². The molecule has 0 spiro atoms. The van der Waals surface area contributed by atoms with E-state index >= 15 is 0 Å². The SMILES string of the molecule is NNc1ccc(C(=O)O)c(C(=O)CNC(=O)CSC(=O)c2ccccc2)n1. The molecule has 0 radical (unpaired) electrons. The van der Waals surface area contributed by atoms with E-state index in [2.05, 4.69) is 15.7 Å². The van der Waals surface area contributed by atoms with Gasteiger partial charge in [-0.2, -0.15) is 0 Å². The molecule has 27 heavy (non-hydrogen) atoms. The van der Waals surface area contributed by atoms with E-state index in [1.807, 2.05) is 0 Å². The fourth-order valence-electron chi connectivity index (χ4n) is 2.03. The Morgan fingerprint density at radius 1 is 1.07 bits per heavy atom. The Morgan fingerprint density at radius 2 is 1.78 bits per heavy atom. The number of nitrogens with two attached hydrogens (primary N) is 1. The maximum Gasteiger partial charge on any atom is 0.338 e. The van der Waals surface area contributed by atoms with E-state index in [0.717, 1.165) is 11.8 Å². The standard InChI is InChI=1S/C17H16N4O5S/c18-21-13-7-6-11(16(24)25)15(20-13)12(22)8-19-14(23)9-27-17(26)10-4-2-1-3-5-10/h1-7H,8-9,18H2,(H,19,23)(H,20,21)(H,24,25). The van der Waals surface area contributed by atoms with Crippen molar-refractivity contribution in [3.8, 4) is 0 Å². The Labute approximate surface area is 158 Å². The van der Waals surface area contributed by atoms with Gasteiger partial charge in [0.05, 0.1) is 17.9 Å². The number of carboxylic acids is 1. The zero-order chi connectivity index (χ0) is 19.8. The molecular weight excluding hydrogens is 372 g/mol. The molecule has 2 aromatic rings. The Morgan fingerprint density at radius 3 is 2.41 bits per heavy atom. The fourth-order valence-corrected chi connectivity index (χ4v) is 2.69. The largest absolute Gasteiger partial charge is 0.478 e. The normalized spacial score (nSPS) is 10.1. The summed E-state index contributed by atoms with van der Waals surface area (Å²) in [5.41, 5.74) is 2.05. The number of Topliss-reactive ketones (excluding diaryl/α,β-unsaturated/α-hetero) is 1. The van der Waals surface area contributed by atoms with Gasteiger partial charge in [0.1, 0.15) is 11.5 Å². The smallest absolute Gasteiger partial charge is 0.338 e. The Kier molecular flexibility index (Phi) is 7.03. The number of nitrogens with one attached hydrogen (secondary N) is 2. The highest BCUT2D eigenvalue weighted by Gasteiger charge is 2.20. The molecular formula is C17H16N4O5S. The molecule has 9 nitrogen and oxygen atoms in total. The van der Waals surface area contributed by atoms with Gasteiger partial charge in [-0.05, 0) is 12.1 Å². The van der Waals surface area contributed by atoms with Gasteiger partial charge in [0, 0.05) is 5.56 Å². The number of hydrazine groups is 1. The molecule has 10 heteroatoms. The lowest BCUT2D eigenvalue weighted by molar-refractivity contribution is -0.118. The number of hydrogen-bond donors (Lipinski definition) is 4. The van der Waals surface area contributed by atoms with Crippen LogP contribution < -0.4 is 16.6 Å². The van der Waals surface area contributed by atoms with Crippen molar-refractivity contribution in [3.05, 3.63) is 59.3 Å². The van der Waals surface area contributed by atoms with Crippen molar-refractivity contribution in [3.63, 3.8) is 0 Å². The summed E-state index contributed by atoms with van der Waals surface area (Å²) in [6.07, 6.45) is 0. The van der Waals surface area contributed by atoms with Gasteiger partial charge in [0.15, 0.2) is 0 Å². The molecule has 140 valence electrons. The molecule has 0 saturated carbocycles. The molecule has 1 aromatic carbocycles. The predicted molar refractivity (Wildman–Crippen MR) is 99.6 cm³/mol. The van der Waals surface area contributed by atoms with E-state index in [9.17, 15) is 19.2 Å². The first-order chi connectivity index (χ1) is 12.9. The highest BCUT2D eigenvalue weighted by atomic mass is 32.2. The first-order valence-corrected chi connectivity index (χ1v) is 8.64. The summed E-state index contributed by atoms with van der Waals surface area (Å²) in [5.74, 6) is 2.58. The van der Waals surface area contributed by atoms with Gasteiger partial charge < -0.3 is 15.8 Å². The summed E-state index contributed by atoms with van der Waals surface area (Å²) in [6, 6.07) is 11.0. The average molecular weight is 388 g/mol. The molecule has 5 N–H and O–H groups in total. The monoisotopic (exact) mass is 388 g/mol. The summed E-state index contributed by atoms with van der Waals surface area (Å²) < 4.78 is 0. The first-order valence-electron chi connectivity index (χ1n) is 7.65. The number of carbonyl (C=O) groups is 4. The number of aromatic nitrogens is 1. The van der Waals surface area contributed by atoms with E-state index < -0.39 is 24.2 Å². The van der Waals surface area contributed by atoms with E-state index in [0.29, 0.717) is 5.56 Å². The minimum atomic E-state index is -1.33. The first kappa shape index (κ1) is 20.1. The van der Waals surface area contributed by atoms with Crippen molar-refractivity contribution in [1.82, 2.24) is 10.3 Å². The van der Waals surface area contributed by atoms with E-state index in [1.54, 1.807) is 30.3 Å². The number of aromatic carboxylic acids is 1. The van der Waals surface area contributed by atoms with Gasteiger partial charge in [0.2, 0.25) is 16.8 Å². The number of benzene rings is 1. The van der Waals surface area contributed by atoms with Crippen molar-refractivity contribution >= 4 is 40.4 Å². The van der Waals surface area contributed by atoms with Gasteiger partial charge in [-0.15, -0.1) is 0 Å². The minimum absolute atomic E-state index is 0.110. The fraction of sp³-hybridized carbons (Fsp3) is 0.118. The molecule has 0 fully saturated rings. The lowest BCUT2D eigenvalue weighted by Crippen LogP contribution is -2.32. The van der Waals surface area contributed by atoms with Gasteiger partial charge in [-0.25, -0.2) is 15.6 Å². The molecule has 1 aromatic heterocycles. The number of nitrogens with zero attached hydrogens (tertiary/aromatic N) is 1. The zero-order valence-electron chi connectivity index (χ0n) is 14.0. The number of ketones is 1. The van der Waals surface area contributed by atoms with Crippen LogP contribution in [0.4, 0.5) is 5.82 Å². The lowest BCUT2D eigenvalue weighted by atomic mass is 10.1. The highest BCUT2D eigenvalue weighted by molar-refractivity contribution is 8.14. The Bertz CT molecular complexity index is 873. The molecule has 1 amide bonds. The molecule has 0 aliphatic rings. The van der Waals surface area contributed by atoms with Crippen LogP contribution in [0.3, 0.4) is 0 Å². The molecule has 2 rings (SSSR count). The summed E-state index contributed by atoms with van der Waals surface area (Å²) in [6.45, 7) is -0.458. The van der Waals surface area contributed by atoms with Gasteiger partial charge in [-0.1, -0.05) is 42.1 Å². The summed E-state index contributed by atoms with van der Waals surface area (Å²) in [4.78, 5) is 51.0. The van der Waals surface area contributed by atoms with E-state index in [4.69, 9.17) is 10.9 Å². The summed E-state index contributed by atoms with van der Waals surface area (Å²) >= 11 is 0.801. The number of thioether (sulfide) groups is 1. The molecule has 0 aliphatic heterocycles. The number of hydrogen-bond acceptors (Lipinski definition) is 8. The number of rotatable bonds is 8. The second-order valence-corrected chi connectivity index (χ2v) is 6.13. The van der Waals surface area contributed by atoms with Gasteiger partial charge in [0.25, 0.3) is 0 Å². The third kappa shape index (κ3) is 5.62. The third-order valence-electron chi connectivity index (χ3n) is 3.33. The van der Waals surface area contributed by atoms with Crippen LogP contribution in [0, 0.1) is 0 Å². The maximum atomic E-state index is 12.2. The molecule has 0 aliphatic carbocycles. The van der Waals surface area contributed by atoms with E-state index in [-0.39, 0.29) is 27.9 Å². The zero-order valence-corrected chi connectivity index (χ0v) is 14.8. The van der Waals surface area contributed by atoms with Crippen LogP contribution in [-0.2, 0) is 4.79 Å².